The van der Waals surface area contributed by atoms with E-state index in [4.69, 9.17) is 15.9 Å². The Morgan fingerprint density at radius 1 is 1.32 bits per heavy atom. The van der Waals surface area contributed by atoms with E-state index in [9.17, 15) is 8.78 Å². The first kappa shape index (κ1) is 20.5. The predicted molar refractivity (Wildman–Crippen MR) is 114 cm³/mol. The lowest BCUT2D eigenvalue weighted by molar-refractivity contribution is 0.226. The lowest BCUT2D eigenvalue weighted by Crippen LogP contribution is -2.18. The first-order valence-electron chi connectivity index (χ1n) is 9.85. The average Bonchev–Trinajstić information content (AvgIpc) is 3.11. The summed E-state index contributed by atoms with van der Waals surface area (Å²) >= 11 is 0. The zero-order valence-corrected chi connectivity index (χ0v) is 17.1. The molecular weight excluding hydrogens is 402 g/mol. The van der Waals surface area contributed by atoms with Gasteiger partial charge in [-0.1, -0.05) is 0 Å². The Hall–Kier alpha value is -3.75. The van der Waals surface area contributed by atoms with E-state index in [1.165, 1.54) is 35.2 Å². The van der Waals surface area contributed by atoms with Gasteiger partial charge in [-0.2, -0.15) is 4.39 Å². The van der Waals surface area contributed by atoms with Crippen LogP contribution in [0, 0.1) is 17.2 Å². The maximum atomic E-state index is 14.2. The molecule has 1 atom stereocenters. The van der Waals surface area contributed by atoms with E-state index in [0.717, 1.165) is 0 Å². The fourth-order valence-electron chi connectivity index (χ4n) is 3.69. The normalized spacial score (nSPS) is 18.1. The molecule has 0 radical (unpaired) electrons. The van der Waals surface area contributed by atoms with Crippen LogP contribution in [0.2, 0.25) is 0 Å². The van der Waals surface area contributed by atoms with Crippen molar-refractivity contribution in [2.24, 2.45) is 0 Å². The molecule has 0 aliphatic carbocycles. The molecule has 3 heterocycles. The van der Waals surface area contributed by atoms with Gasteiger partial charge >= 0.3 is 0 Å². The molecule has 0 saturated heterocycles. The molecule has 1 aliphatic rings. The molecule has 1 aliphatic heterocycles. The second-order valence-electron chi connectivity index (χ2n) is 7.19. The molecule has 160 valence electrons. The second kappa shape index (κ2) is 8.17. The highest BCUT2D eigenvalue weighted by Crippen LogP contribution is 2.33. The summed E-state index contributed by atoms with van der Waals surface area (Å²) in [4.78, 5) is 4.24. The monoisotopic (exact) mass is 424 g/mol. The van der Waals surface area contributed by atoms with E-state index < -0.39 is 17.9 Å². The van der Waals surface area contributed by atoms with Crippen molar-refractivity contribution in [3.05, 3.63) is 70.7 Å². The van der Waals surface area contributed by atoms with E-state index in [0.29, 0.717) is 46.1 Å². The third-order valence-electron chi connectivity index (χ3n) is 5.10. The molecule has 0 spiro atoms. The number of pyridine rings is 1. The molecule has 1 unspecified atom stereocenters. The van der Waals surface area contributed by atoms with Gasteiger partial charge in [-0.25, -0.2) is 14.1 Å². The first-order valence-corrected chi connectivity index (χ1v) is 9.85. The van der Waals surface area contributed by atoms with Crippen LogP contribution in [0.15, 0.2) is 42.1 Å². The lowest BCUT2D eigenvalue weighted by atomic mass is 10.0. The van der Waals surface area contributed by atoms with Crippen LogP contribution in [-0.2, 0) is 6.42 Å². The van der Waals surface area contributed by atoms with Gasteiger partial charge in [0.05, 0.1) is 11.4 Å². The van der Waals surface area contributed by atoms with Gasteiger partial charge in [-0.05, 0) is 43.7 Å². The van der Waals surface area contributed by atoms with Crippen LogP contribution in [0.4, 0.5) is 14.6 Å². The topological polar surface area (TPSA) is 102 Å². The van der Waals surface area contributed by atoms with Crippen molar-refractivity contribution < 1.29 is 13.5 Å². The molecule has 2 aromatic heterocycles. The Morgan fingerprint density at radius 2 is 2.13 bits per heavy atom. The van der Waals surface area contributed by atoms with Crippen LogP contribution in [0.5, 0.6) is 5.75 Å². The van der Waals surface area contributed by atoms with Gasteiger partial charge in [0.2, 0.25) is 5.95 Å². The molecule has 0 amide bonds. The Bertz CT molecular complexity index is 1190. The summed E-state index contributed by atoms with van der Waals surface area (Å²) < 4.78 is 35.8. The summed E-state index contributed by atoms with van der Waals surface area (Å²) in [6.07, 6.45) is 2.39. The minimum absolute atomic E-state index is 0.184. The lowest BCUT2D eigenvalue weighted by Gasteiger charge is -2.22. The summed E-state index contributed by atoms with van der Waals surface area (Å²) in [6.45, 7) is 4.28. The van der Waals surface area contributed by atoms with Crippen molar-refractivity contribution in [3.8, 4) is 11.4 Å². The predicted octanol–water partition coefficient (Wildman–Crippen LogP) is 3.79. The van der Waals surface area contributed by atoms with Crippen LogP contribution in [0.25, 0.3) is 11.4 Å². The van der Waals surface area contributed by atoms with Crippen molar-refractivity contribution in [1.29, 1.82) is 5.41 Å². The minimum atomic E-state index is -0.672. The molecule has 31 heavy (non-hydrogen) atoms. The molecular formula is C22H22F2N6O. The summed E-state index contributed by atoms with van der Waals surface area (Å²) in [5.41, 5.74) is 9.42. The zero-order valence-electron chi connectivity index (χ0n) is 17.1. The number of hydrogen-bond donors (Lipinski definition) is 3. The van der Waals surface area contributed by atoms with Crippen LogP contribution in [0.1, 0.15) is 36.8 Å². The molecule has 7 nitrogen and oxygen atoms in total. The molecule has 3 aromatic rings. The number of nitrogens with two attached hydrogens (primary N) is 1. The number of rotatable bonds is 3. The standard InChI is InChI=1S/C22H22F2N6O/c1-3-27-21-13(10-25)6-16-9-20(24)29-30(16)18-5-4-15(23)8-17(18)12(2)31-19-7-14(21)11-28-22(19)26/h4-5,7-12,25,27H,3,6H2,1-2H3,(H2,26,28)/b21-13-,25-10?. The van der Waals surface area contributed by atoms with E-state index in [1.807, 2.05) is 6.92 Å². The van der Waals surface area contributed by atoms with Crippen LogP contribution in [-0.4, -0.2) is 27.5 Å². The first-order chi connectivity index (χ1) is 14.9. The fourth-order valence-corrected chi connectivity index (χ4v) is 3.69. The summed E-state index contributed by atoms with van der Waals surface area (Å²) in [5, 5.41) is 15.2. The Morgan fingerprint density at radius 3 is 2.87 bits per heavy atom. The number of allylic oxidation sites excluding steroid dienone is 1. The molecule has 0 fully saturated rings. The van der Waals surface area contributed by atoms with Crippen molar-refractivity contribution >= 4 is 17.7 Å². The number of anilines is 1. The van der Waals surface area contributed by atoms with Gasteiger partial charge in [0.25, 0.3) is 0 Å². The van der Waals surface area contributed by atoms with Gasteiger partial charge < -0.3 is 21.2 Å². The third kappa shape index (κ3) is 3.86. The van der Waals surface area contributed by atoms with Gasteiger partial charge in [-0.15, -0.1) is 5.10 Å². The van der Waals surface area contributed by atoms with Gasteiger partial charge in [0.15, 0.2) is 11.6 Å². The number of benzene rings is 1. The number of fused-ring (bicyclic) bond motifs is 5. The van der Waals surface area contributed by atoms with Crippen LogP contribution < -0.4 is 15.8 Å². The Balaban J connectivity index is 2.03. The maximum absolute atomic E-state index is 14.2. The average molecular weight is 424 g/mol. The van der Waals surface area contributed by atoms with E-state index in [2.05, 4.69) is 15.4 Å². The summed E-state index contributed by atoms with van der Waals surface area (Å²) in [7, 11) is 0. The number of aromatic nitrogens is 3. The van der Waals surface area contributed by atoms with Crippen molar-refractivity contribution in [1.82, 2.24) is 20.1 Å². The molecule has 0 saturated carbocycles. The zero-order chi connectivity index (χ0) is 22.1. The third-order valence-corrected chi connectivity index (χ3v) is 5.10. The molecule has 2 bridgehead atoms. The Labute approximate surface area is 178 Å². The van der Waals surface area contributed by atoms with Crippen molar-refractivity contribution in [2.75, 3.05) is 12.3 Å². The number of nitrogens with zero attached hydrogens (tertiary/aromatic N) is 3. The van der Waals surface area contributed by atoms with Crippen molar-refractivity contribution in [3.63, 3.8) is 0 Å². The molecule has 1 aromatic carbocycles. The number of nitrogens with one attached hydrogen (secondary N) is 2. The molecule has 4 N–H and O–H groups in total. The smallest absolute Gasteiger partial charge is 0.233 e. The summed E-state index contributed by atoms with van der Waals surface area (Å²) in [6, 6.07) is 7.20. The quantitative estimate of drug-likeness (QED) is 0.555. The van der Waals surface area contributed by atoms with Gasteiger partial charge in [0, 0.05) is 48.3 Å². The number of hydrogen-bond acceptors (Lipinski definition) is 6. The minimum Gasteiger partial charge on any atom is -0.482 e. The highest BCUT2D eigenvalue weighted by atomic mass is 19.1. The van der Waals surface area contributed by atoms with Crippen LogP contribution >= 0.6 is 0 Å². The van der Waals surface area contributed by atoms with E-state index >= 15 is 0 Å². The number of halogens is 2. The second-order valence-corrected chi connectivity index (χ2v) is 7.19. The summed E-state index contributed by atoms with van der Waals surface area (Å²) in [5.74, 6) is -0.615. The largest absolute Gasteiger partial charge is 0.482 e. The van der Waals surface area contributed by atoms with Crippen LogP contribution in [0.3, 0.4) is 0 Å². The number of nitrogen functional groups attached to an aromatic ring is 1. The van der Waals surface area contributed by atoms with E-state index in [-0.39, 0.29) is 12.2 Å². The van der Waals surface area contributed by atoms with Gasteiger partial charge in [-0.3, -0.25) is 0 Å². The number of ether oxygens (including phenoxy) is 1. The highest BCUT2D eigenvalue weighted by Gasteiger charge is 2.22. The van der Waals surface area contributed by atoms with Crippen molar-refractivity contribution in [2.45, 2.75) is 26.4 Å². The van der Waals surface area contributed by atoms with E-state index in [1.54, 1.807) is 19.2 Å². The highest BCUT2D eigenvalue weighted by molar-refractivity contribution is 5.89. The molecule has 4 rings (SSSR count). The Kier molecular flexibility index (Phi) is 5.41. The SMILES string of the molecule is CCN/C1=C(\C=N)Cc2cc(F)nn2-c2ccc(F)cc2C(C)Oc2cc1cnc2N. The maximum Gasteiger partial charge on any atom is 0.233 e. The fraction of sp³-hybridized carbons (Fsp3) is 0.227. The molecule has 9 heteroatoms. The van der Waals surface area contributed by atoms with Gasteiger partial charge in [0.1, 0.15) is 11.9 Å².